The molecule has 2 bridgehead atoms. The maximum Gasteiger partial charge on any atom is 0.246 e. The first-order chi connectivity index (χ1) is 33.8. The topological polar surface area (TPSA) is 396 Å². The van der Waals surface area contributed by atoms with Crippen LogP contribution in [0.15, 0.2) is 23.2 Å². The van der Waals surface area contributed by atoms with Gasteiger partial charge in [0.05, 0.1) is 67.0 Å². The monoisotopic (exact) mass is 1020 g/mol. The number of carbonyl (C=O) groups is 9. The van der Waals surface area contributed by atoms with Crippen molar-refractivity contribution < 1.29 is 67.4 Å². The summed E-state index contributed by atoms with van der Waals surface area (Å²) in [6, 6.07) is -5.04. The lowest BCUT2D eigenvalue weighted by atomic mass is 9.93. The highest BCUT2D eigenvalue weighted by Crippen LogP contribution is 2.31. The number of benzene rings is 1. The highest BCUT2D eigenvalue weighted by Gasteiger charge is 2.45. The van der Waals surface area contributed by atoms with Gasteiger partial charge in [-0.1, -0.05) is 40.0 Å². The summed E-state index contributed by atoms with van der Waals surface area (Å²) in [4.78, 5) is 129. The summed E-state index contributed by atoms with van der Waals surface area (Å²) in [6.07, 6.45) is -1.00. The van der Waals surface area contributed by atoms with Gasteiger partial charge < -0.3 is 78.6 Å². The number of amides is 9. The minimum atomic E-state index is -2.36. The number of ether oxygens (including phenoxy) is 1. The summed E-state index contributed by atoms with van der Waals surface area (Å²) in [5, 5.41) is 49.2. The quantitative estimate of drug-likeness (QED) is 0.0791. The van der Waals surface area contributed by atoms with E-state index < -0.39 is 176 Å². The fourth-order valence-corrected chi connectivity index (χ4v) is 9.97. The molecular formula is C45H67N11O14S. The zero-order valence-corrected chi connectivity index (χ0v) is 40.8. The van der Waals surface area contributed by atoms with Crippen molar-refractivity contribution in [3.05, 3.63) is 23.8 Å². The first kappa shape index (κ1) is 55.7. The molecule has 0 spiro atoms. The predicted molar refractivity (Wildman–Crippen MR) is 254 cm³/mol. The van der Waals surface area contributed by atoms with E-state index >= 15 is 0 Å². The summed E-state index contributed by atoms with van der Waals surface area (Å²) in [5.74, 6) is -11.2. The van der Waals surface area contributed by atoms with Crippen molar-refractivity contribution >= 4 is 74.9 Å². The highest BCUT2D eigenvalue weighted by molar-refractivity contribution is 7.85. The maximum atomic E-state index is 14.9. The number of aromatic amines is 1. The van der Waals surface area contributed by atoms with Crippen molar-refractivity contribution in [1.82, 2.24) is 47.1 Å². The number of aliphatic hydroxyl groups is 3. The summed E-state index contributed by atoms with van der Waals surface area (Å²) < 4.78 is 20.9. The van der Waals surface area contributed by atoms with Gasteiger partial charge in [0, 0.05) is 36.8 Å². The second-order valence-electron chi connectivity index (χ2n) is 18.2. The number of fused-ring (bicyclic) bond motifs is 5. The Balaban J connectivity index is 1.72. The molecule has 11 atom stereocenters. The van der Waals surface area contributed by atoms with Crippen LogP contribution >= 0.6 is 0 Å². The van der Waals surface area contributed by atoms with Crippen LogP contribution in [0.3, 0.4) is 0 Å². The number of nitrogens with two attached hydrogens (primary N) is 2. The molecule has 1 aromatic heterocycles. The molecule has 0 aliphatic carbocycles. The van der Waals surface area contributed by atoms with Gasteiger partial charge in [0.15, 0.2) is 0 Å². The van der Waals surface area contributed by atoms with Crippen LogP contribution in [0.25, 0.3) is 10.9 Å². The van der Waals surface area contributed by atoms with E-state index in [2.05, 4.69) is 42.2 Å². The molecule has 26 heteroatoms. The maximum absolute atomic E-state index is 14.9. The van der Waals surface area contributed by atoms with Gasteiger partial charge in [-0.15, -0.1) is 0 Å². The Morgan fingerprint density at radius 2 is 1.55 bits per heavy atom. The van der Waals surface area contributed by atoms with E-state index in [4.69, 9.17) is 16.2 Å². The minimum Gasteiger partial charge on any atom is -0.494 e. The summed E-state index contributed by atoms with van der Waals surface area (Å²) in [7, 11) is -2.36. The van der Waals surface area contributed by atoms with Crippen LogP contribution in [0.2, 0.25) is 0 Å². The van der Waals surface area contributed by atoms with Crippen LogP contribution in [-0.4, -0.2) is 176 Å². The molecule has 15 N–H and O–H groups in total. The molecule has 4 unspecified atom stereocenters. The number of hydrogen-bond donors (Lipinski definition) is 13. The van der Waals surface area contributed by atoms with Crippen LogP contribution in [0.1, 0.15) is 71.3 Å². The fraction of sp³-hybridized carbons (Fsp3) is 0.622. The van der Waals surface area contributed by atoms with E-state index in [1.54, 1.807) is 32.0 Å². The number of primary amides is 1. The first-order valence-corrected chi connectivity index (χ1v) is 25.0. The van der Waals surface area contributed by atoms with Gasteiger partial charge in [-0.25, -0.2) is 0 Å². The molecule has 3 aliphatic rings. The van der Waals surface area contributed by atoms with E-state index in [-0.39, 0.29) is 10.6 Å². The molecule has 1 fully saturated rings. The molecule has 25 nitrogen and oxygen atoms in total. The van der Waals surface area contributed by atoms with Gasteiger partial charge in [0.2, 0.25) is 53.2 Å². The van der Waals surface area contributed by atoms with Crippen LogP contribution in [0.5, 0.6) is 5.75 Å². The summed E-state index contributed by atoms with van der Waals surface area (Å²) >= 11 is 0. The lowest BCUT2D eigenvalue weighted by Gasteiger charge is -2.32. The Bertz CT molecular complexity index is 2330. The normalized spacial score (nSPS) is 26.8. The van der Waals surface area contributed by atoms with Gasteiger partial charge in [0.25, 0.3) is 0 Å². The number of hydrogen-bond acceptors (Lipinski definition) is 15. The third-order valence-electron chi connectivity index (χ3n) is 12.9. The fourth-order valence-electron chi connectivity index (χ4n) is 8.57. The molecule has 9 amide bonds. The van der Waals surface area contributed by atoms with E-state index in [9.17, 15) is 62.7 Å². The largest absolute Gasteiger partial charge is 0.494 e. The molecule has 5 rings (SSSR count). The third-order valence-corrected chi connectivity index (χ3v) is 14.3. The average Bonchev–Trinajstić information content (AvgIpc) is 3.91. The second-order valence-corrected chi connectivity index (χ2v) is 19.6. The number of nitrogens with zero attached hydrogens (tertiary/aromatic N) is 1. The number of aliphatic hydroxyl groups excluding tert-OH is 3. The molecule has 0 radical (unpaired) electrons. The Hall–Kier alpha value is -6.22. The molecule has 3 aliphatic heterocycles. The molecule has 1 aromatic carbocycles. The van der Waals surface area contributed by atoms with Crippen molar-refractivity contribution in [2.45, 2.75) is 126 Å². The van der Waals surface area contributed by atoms with Gasteiger partial charge in [-0.05, 0) is 43.0 Å². The van der Waals surface area contributed by atoms with Crippen molar-refractivity contribution in [3.8, 4) is 5.75 Å². The van der Waals surface area contributed by atoms with Crippen molar-refractivity contribution in [2.24, 2.45) is 23.3 Å². The number of aromatic nitrogens is 1. The summed E-state index contributed by atoms with van der Waals surface area (Å²) in [5.41, 5.74) is 11.6. The Morgan fingerprint density at radius 1 is 0.859 bits per heavy atom. The Morgan fingerprint density at radius 3 is 2.23 bits per heavy atom. The van der Waals surface area contributed by atoms with Crippen molar-refractivity contribution in [3.63, 3.8) is 0 Å². The first-order valence-electron chi connectivity index (χ1n) is 23.7. The molecule has 71 heavy (non-hydrogen) atoms. The molecule has 392 valence electrons. The standard InChI is InChI=1S/C45H67N11O14S/c1-4-22(2)37-42(66)49-17-35(61)50-31-21-71(69)44-27(26-10-9-25(14-28(26)53-44)70-12-8-6-5-7-11-46)15-29(39(63)48-18-36(62)54-37)51-43(67)38(23(3)33(59)20-57)55-41(65)32-13-24(58)19-56(32)45(68)30(16-34(47)60)52-40(31)64/h9-10,14,22-24,29-33,37-38,53,57-59H,4-8,11-13,15-21,46H2,1-3H3,(H2,47,60)(H,48,63)(H,49,66)(H,50,61)(H,51,67)(H,52,64)(H,54,62)(H,55,65)/t22-,23-,24?,29+,30-,31?,32-,33-,37?,38-,71?/m0/s1. The number of carbonyl (C=O) groups excluding carboxylic acids is 9. The van der Waals surface area contributed by atoms with Crippen LogP contribution < -0.4 is 53.4 Å². The highest BCUT2D eigenvalue weighted by atomic mass is 32.2. The van der Waals surface area contributed by atoms with Gasteiger partial charge >= 0.3 is 0 Å². The zero-order valence-electron chi connectivity index (χ0n) is 40.0. The molecule has 1 saturated heterocycles. The van der Waals surface area contributed by atoms with E-state index in [0.29, 0.717) is 36.2 Å². The number of nitrogens with one attached hydrogen (secondary N) is 8. The molecule has 4 heterocycles. The van der Waals surface area contributed by atoms with Crippen molar-refractivity contribution in [1.29, 1.82) is 0 Å². The van der Waals surface area contributed by atoms with Crippen LogP contribution in [0.4, 0.5) is 0 Å². The van der Waals surface area contributed by atoms with Gasteiger partial charge in [0.1, 0.15) is 47.0 Å². The van der Waals surface area contributed by atoms with E-state index in [0.717, 1.165) is 30.6 Å². The van der Waals surface area contributed by atoms with Gasteiger partial charge in [-0.2, -0.15) is 0 Å². The zero-order chi connectivity index (χ0) is 52.1. The molecule has 0 saturated carbocycles. The number of unbranched alkanes of at least 4 members (excludes halogenated alkanes) is 3. The van der Waals surface area contributed by atoms with Crippen LogP contribution in [0, 0.1) is 11.8 Å². The average molecular weight is 1020 g/mol. The number of H-pyrrole nitrogens is 1. The molecule has 2 aromatic rings. The Kier molecular flexibility index (Phi) is 20.2. The summed E-state index contributed by atoms with van der Waals surface area (Å²) in [6.45, 7) is 2.75. The lowest BCUT2D eigenvalue weighted by Crippen LogP contribution is -2.62. The van der Waals surface area contributed by atoms with Crippen LogP contribution in [-0.2, 0) is 60.4 Å². The number of rotatable bonds is 14. The SMILES string of the molecule is CC[C@H](C)C1NC(=O)CNC(=O)[C@H]2Cc3c([nH]c4cc(OCCCCCCN)ccc34)S(=O)CC(NC(=O)CNC1=O)C(=O)N[C@@H](CC(N)=O)C(=O)N1CC(O)C[C@H]1C(=O)N[C@@H]([C@@H](C)[C@@H](O)CO)C(=O)N2. The predicted octanol–water partition coefficient (Wildman–Crippen LogP) is -4.73. The van der Waals surface area contributed by atoms with Gasteiger partial charge in [-0.3, -0.25) is 47.4 Å². The second kappa shape index (κ2) is 25.8. The van der Waals surface area contributed by atoms with E-state index in [1.807, 2.05) is 0 Å². The van der Waals surface area contributed by atoms with Crippen molar-refractivity contribution in [2.75, 3.05) is 45.1 Å². The molecular weight excluding hydrogens is 951 g/mol. The lowest BCUT2D eigenvalue weighted by molar-refractivity contribution is -0.144. The minimum absolute atomic E-state index is 0.102. The third kappa shape index (κ3) is 14.7. The Labute approximate surface area is 411 Å². The van der Waals surface area contributed by atoms with E-state index in [1.165, 1.54) is 6.92 Å². The smallest absolute Gasteiger partial charge is 0.246 e.